The number of nitrogens with zero attached hydrogens (tertiary/aromatic N) is 1. The summed E-state index contributed by atoms with van der Waals surface area (Å²) in [6, 6.07) is 16.5. The van der Waals surface area contributed by atoms with Crippen LogP contribution in [0, 0.1) is 11.7 Å². The van der Waals surface area contributed by atoms with Crippen LogP contribution >= 0.6 is 0 Å². The minimum absolute atomic E-state index is 0.0438. The molecule has 1 aliphatic carbocycles. The number of benzene rings is 2. The van der Waals surface area contributed by atoms with Crippen LogP contribution in [0.1, 0.15) is 23.5 Å². The van der Waals surface area contributed by atoms with E-state index in [-0.39, 0.29) is 30.2 Å². The summed E-state index contributed by atoms with van der Waals surface area (Å²) >= 11 is 0. The number of aliphatic hydroxyl groups excluding tert-OH is 1. The van der Waals surface area contributed by atoms with Crippen LogP contribution in [0.15, 0.2) is 54.6 Å². The number of aliphatic hydroxyl groups is 1. The Kier molecular flexibility index (Phi) is 5.26. The van der Waals surface area contributed by atoms with Crippen molar-refractivity contribution in [2.24, 2.45) is 5.92 Å². The van der Waals surface area contributed by atoms with Gasteiger partial charge in [0.2, 0.25) is 5.91 Å². The predicted molar refractivity (Wildman–Crippen MR) is 91.1 cm³/mol. The van der Waals surface area contributed by atoms with E-state index in [9.17, 15) is 14.3 Å². The summed E-state index contributed by atoms with van der Waals surface area (Å²) in [6.07, 6.45) is 1.53. The van der Waals surface area contributed by atoms with Crippen LogP contribution in [0.25, 0.3) is 0 Å². The average Bonchev–Trinajstić information content (AvgIpc) is 3.40. The van der Waals surface area contributed by atoms with Gasteiger partial charge in [-0.3, -0.25) is 4.79 Å². The largest absolute Gasteiger partial charge is 0.395 e. The molecule has 0 heterocycles. The summed E-state index contributed by atoms with van der Waals surface area (Å²) in [5.41, 5.74) is 2.06. The van der Waals surface area contributed by atoms with Gasteiger partial charge in [-0.05, 0) is 42.0 Å². The molecule has 0 radical (unpaired) electrons. The monoisotopic (exact) mass is 327 g/mol. The first-order chi connectivity index (χ1) is 11.7. The number of hydrogen-bond acceptors (Lipinski definition) is 2. The number of carbonyl (C=O) groups excluding carboxylic acids is 1. The van der Waals surface area contributed by atoms with Crippen molar-refractivity contribution in [1.29, 1.82) is 0 Å². The molecule has 1 saturated carbocycles. The molecule has 24 heavy (non-hydrogen) atoms. The van der Waals surface area contributed by atoms with Crippen LogP contribution < -0.4 is 0 Å². The maximum absolute atomic E-state index is 13.3. The van der Waals surface area contributed by atoms with Gasteiger partial charge in [-0.2, -0.15) is 0 Å². The quantitative estimate of drug-likeness (QED) is 0.849. The van der Waals surface area contributed by atoms with E-state index in [1.165, 1.54) is 17.7 Å². The Morgan fingerprint density at radius 1 is 1.12 bits per heavy atom. The molecular weight excluding hydrogens is 305 g/mol. The van der Waals surface area contributed by atoms with Crippen LogP contribution in [0.2, 0.25) is 0 Å². The van der Waals surface area contributed by atoms with E-state index in [0.29, 0.717) is 13.1 Å². The summed E-state index contributed by atoms with van der Waals surface area (Å²) in [6.45, 7) is 0.895. The second kappa shape index (κ2) is 7.58. The lowest BCUT2D eigenvalue weighted by molar-refractivity contribution is -0.133. The first-order valence-corrected chi connectivity index (χ1v) is 8.38. The highest BCUT2D eigenvalue weighted by atomic mass is 19.1. The van der Waals surface area contributed by atoms with Crippen LogP contribution in [0.4, 0.5) is 4.39 Å². The molecule has 2 atom stereocenters. The van der Waals surface area contributed by atoms with Crippen LogP contribution in [0.5, 0.6) is 0 Å². The maximum atomic E-state index is 13.3. The molecule has 3 nitrogen and oxygen atoms in total. The molecule has 0 saturated heterocycles. The lowest BCUT2D eigenvalue weighted by atomic mass is 10.1. The first-order valence-electron chi connectivity index (χ1n) is 8.38. The summed E-state index contributed by atoms with van der Waals surface area (Å²) in [4.78, 5) is 14.4. The second-order valence-electron chi connectivity index (χ2n) is 6.29. The lowest BCUT2D eigenvalue weighted by Gasteiger charge is -2.22. The van der Waals surface area contributed by atoms with Crippen molar-refractivity contribution in [3.63, 3.8) is 0 Å². The molecule has 1 fully saturated rings. The van der Waals surface area contributed by atoms with Gasteiger partial charge in [0.05, 0.1) is 6.61 Å². The number of carbonyl (C=O) groups is 1. The topological polar surface area (TPSA) is 40.5 Å². The van der Waals surface area contributed by atoms with Crippen molar-refractivity contribution >= 4 is 5.91 Å². The molecule has 0 aromatic heterocycles. The number of halogens is 1. The van der Waals surface area contributed by atoms with Gasteiger partial charge < -0.3 is 10.0 Å². The van der Waals surface area contributed by atoms with E-state index in [0.717, 1.165) is 18.4 Å². The standard InChI is InChI=1S/C20H22FNO2/c21-17-8-4-7-16(13-17)18-14-19(18)20(24)22(11-12-23)10-9-15-5-2-1-3-6-15/h1-8,13,18-19,23H,9-12,14H2. The third kappa shape index (κ3) is 4.01. The molecule has 126 valence electrons. The minimum atomic E-state index is -0.262. The normalized spacial score (nSPS) is 19.1. The molecule has 3 rings (SSSR count). The predicted octanol–water partition coefficient (Wildman–Crippen LogP) is 2.99. The third-order valence-electron chi connectivity index (χ3n) is 4.58. The molecule has 1 N–H and O–H groups in total. The van der Waals surface area contributed by atoms with Crippen LogP contribution in [0.3, 0.4) is 0 Å². The molecule has 1 aliphatic rings. The zero-order chi connectivity index (χ0) is 16.9. The highest BCUT2D eigenvalue weighted by molar-refractivity contribution is 5.83. The van der Waals surface area contributed by atoms with Crippen LogP contribution in [-0.2, 0) is 11.2 Å². The Bertz CT molecular complexity index is 689. The van der Waals surface area contributed by atoms with Gasteiger partial charge in [0.1, 0.15) is 5.82 Å². The van der Waals surface area contributed by atoms with E-state index in [1.54, 1.807) is 11.0 Å². The Balaban J connectivity index is 1.61. The number of rotatable bonds is 7. The Morgan fingerprint density at radius 3 is 2.62 bits per heavy atom. The van der Waals surface area contributed by atoms with Gasteiger partial charge in [-0.15, -0.1) is 0 Å². The van der Waals surface area contributed by atoms with E-state index < -0.39 is 0 Å². The fourth-order valence-corrected chi connectivity index (χ4v) is 3.17. The molecule has 1 amide bonds. The Hall–Kier alpha value is -2.20. The highest BCUT2D eigenvalue weighted by Gasteiger charge is 2.45. The van der Waals surface area contributed by atoms with Gasteiger partial charge in [0, 0.05) is 19.0 Å². The van der Waals surface area contributed by atoms with E-state index in [2.05, 4.69) is 0 Å². The van der Waals surface area contributed by atoms with Crippen molar-refractivity contribution in [2.45, 2.75) is 18.8 Å². The summed E-state index contributed by atoms with van der Waals surface area (Å²) in [7, 11) is 0. The van der Waals surface area contributed by atoms with Gasteiger partial charge in [-0.1, -0.05) is 42.5 Å². The molecule has 4 heteroatoms. The molecule has 0 aliphatic heterocycles. The summed E-state index contributed by atoms with van der Waals surface area (Å²) in [5.74, 6) is -0.184. The van der Waals surface area contributed by atoms with Crippen molar-refractivity contribution in [2.75, 3.05) is 19.7 Å². The van der Waals surface area contributed by atoms with Crippen molar-refractivity contribution in [1.82, 2.24) is 4.90 Å². The van der Waals surface area contributed by atoms with E-state index in [1.807, 2.05) is 36.4 Å². The molecular formula is C20H22FNO2. The molecule has 0 bridgehead atoms. The smallest absolute Gasteiger partial charge is 0.226 e. The van der Waals surface area contributed by atoms with Crippen molar-refractivity contribution in [3.05, 3.63) is 71.5 Å². The average molecular weight is 327 g/mol. The lowest BCUT2D eigenvalue weighted by Crippen LogP contribution is -2.36. The first kappa shape index (κ1) is 16.7. The van der Waals surface area contributed by atoms with Gasteiger partial charge in [-0.25, -0.2) is 4.39 Å². The van der Waals surface area contributed by atoms with Gasteiger partial charge in [0.25, 0.3) is 0 Å². The number of hydrogen-bond donors (Lipinski definition) is 1. The Morgan fingerprint density at radius 2 is 1.92 bits per heavy atom. The fraction of sp³-hybridized carbons (Fsp3) is 0.350. The second-order valence-corrected chi connectivity index (χ2v) is 6.29. The molecule has 2 aromatic rings. The van der Waals surface area contributed by atoms with E-state index >= 15 is 0 Å². The molecule has 0 spiro atoms. The summed E-state index contributed by atoms with van der Waals surface area (Å²) in [5, 5.41) is 9.26. The maximum Gasteiger partial charge on any atom is 0.226 e. The third-order valence-corrected chi connectivity index (χ3v) is 4.58. The molecule has 2 unspecified atom stereocenters. The summed E-state index contributed by atoms with van der Waals surface area (Å²) < 4.78 is 13.3. The van der Waals surface area contributed by atoms with Gasteiger partial charge >= 0.3 is 0 Å². The molecule has 2 aromatic carbocycles. The zero-order valence-electron chi connectivity index (χ0n) is 13.6. The highest BCUT2D eigenvalue weighted by Crippen LogP contribution is 2.48. The van der Waals surface area contributed by atoms with Gasteiger partial charge in [0.15, 0.2) is 0 Å². The number of amides is 1. The Labute approximate surface area is 141 Å². The minimum Gasteiger partial charge on any atom is -0.395 e. The zero-order valence-corrected chi connectivity index (χ0v) is 13.6. The van der Waals surface area contributed by atoms with Crippen molar-refractivity contribution < 1.29 is 14.3 Å². The van der Waals surface area contributed by atoms with Crippen LogP contribution in [-0.4, -0.2) is 35.6 Å². The van der Waals surface area contributed by atoms with E-state index in [4.69, 9.17) is 0 Å². The SMILES string of the molecule is O=C(C1CC1c1cccc(F)c1)N(CCO)CCc1ccccc1. The fourth-order valence-electron chi connectivity index (χ4n) is 3.17. The van der Waals surface area contributed by atoms with Crippen molar-refractivity contribution in [3.8, 4) is 0 Å².